The smallest absolute Gasteiger partial charge is 0.253 e. The lowest BCUT2D eigenvalue weighted by Gasteiger charge is -2.39. The third-order valence-electron chi connectivity index (χ3n) is 6.44. The number of ether oxygens (including phenoxy) is 2. The number of carbonyl (C=O) groups is 1. The number of benzene rings is 2. The van der Waals surface area contributed by atoms with Crippen LogP contribution in [0.25, 0.3) is 0 Å². The Labute approximate surface area is 179 Å². The molecule has 0 aliphatic carbocycles. The highest BCUT2D eigenvalue weighted by Crippen LogP contribution is 2.39. The van der Waals surface area contributed by atoms with E-state index in [4.69, 9.17) is 9.47 Å². The molecule has 0 aromatic heterocycles. The standard InChI is InChI=1S/C25H32N2O3/c1-29-23(21-10-6-3-7-11-21)24(28)26-18-22-12-13-25(30-22)14-16-27(17-15-25)19-20-8-4-2-5-9-20/h2-11,22-23H,12-19H2,1H3,(H,26,28)/t22-,23+/m0/s1. The zero-order valence-corrected chi connectivity index (χ0v) is 17.8. The van der Waals surface area contributed by atoms with E-state index in [1.807, 2.05) is 30.3 Å². The van der Waals surface area contributed by atoms with E-state index in [0.29, 0.717) is 6.54 Å². The molecule has 1 N–H and O–H groups in total. The van der Waals surface area contributed by atoms with Gasteiger partial charge in [-0.1, -0.05) is 60.7 Å². The van der Waals surface area contributed by atoms with Gasteiger partial charge in [0.1, 0.15) is 0 Å². The lowest BCUT2D eigenvalue weighted by molar-refractivity contribution is -0.133. The van der Waals surface area contributed by atoms with Crippen LogP contribution in [0.3, 0.4) is 0 Å². The van der Waals surface area contributed by atoms with Gasteiger partial charge in [-0.15, -0.1) is 0 Å². The maximum atomic E-state index is 12.6. The maximum Gasteiger partial charge on any atom is 0.253 e. The van der Waals surface area contributed by atoms with Crippen molar-refractivity contribution in [3.63, 3.8) is 0 Å². The molecule has 30 heavy (non-hydrogen) atoms. The van der Waals surface area contributed by atoms with Gasteiger partial charge in [0.05, 0.1) is 11.7 Å². The second-order valence-electron chi connectivity index (χ2n) is 8.49. The lowest BCUT2D eigenvalue weighted by atomic mass is 9.88. The van der Waals surface area contributed by atoms with E-state index in [1.54, 1.807) is 7.11 Å². The van der Waals surface area contributed by atoms with Gasteiger partial charge in [0.2, 0.25) is 0 Å². The van der Waals surface area contributed by atoms with E-state index in [-0.39, 0.29) is 17.6 Å². The van der Waals surface area contributed by atoms with Gasteiger partial charge >= 0.3 is 0 Å². The molecule has 0 bridgehead atoms. The average Bonchev–Trinajstić information content (AvgIpc) is 3.19. The summed E-state index contributed by atoms with van der Waals surface area (Å²) in [6.07, 6.45) is 3.72. The first-order chi connectivity index (χ1) is 14.7. The van der Waals surface area contributed by atoms with Crippen molar-refractivity contribution in [2.75, 3.05) is 26.7 Å². The quantitative estimate of drug-likeness (QED) is 0.759. The van der Waals surface area contributed by atoms with E-state index in [9.17, 15) is 4.79 Å². The van der Waals surface area contributed by atoms with Crippen molar-refractivity contribution in [2.45, 2.75) is 50.0 Å². The third-order valence-corrected chi connectivity index (χ3v) is 6.44. The van der Waals surface area contributed by atoms with E-state index in [1.165, 1.54) is 5.56 Å². The fourth-order valence-corrected chi connectivity index (χ4v) is 4.70. The van der Waals surface area contributed by atoms with Crippen LogP contribution in [0.1, 0.15) is 42.9 Å². The molecule has 2 aromatic carbocycles. The third kappa shape index (κ3) is 5.09. The van der Waals surface area contributed by atoms with Crippen LogP contribution in [-0.2, 0) is 20.8 Å². The van der Waals surface area contributed by atoms with Crippen LogP contribution in [0, 0.1) is 0 Å². The second-order valence-corrected chi connectivity index (χ2v) is 8.49. The summed E-state index contributed by atoms with van der Waals surface area (Å²) in [7, 11) is 1.57. The Balaban J connectivity index is 1.23. The van der Waals surface area contributed by atoms with Gasteiger partial charge < -0.3 is 14.8 Å². The number of piperidine rings is 1. The molecule has 1 spiro atoms. The Morgan fingerprint density at radius 3 is 2.43 bits per heavy atom. The van der Waals surface area contributed by atoms with Crippen molar-refractivity contribution in [3.05, 3.63) is 71.8 Å². The molecule has 0 radical (unpaired) electrons. The first-order valence-electron chi connectivity index (χ1n) is 11.0. The van der Waals surface area contributed by atoms with E-state index in [0.717, 1.165) is 50.9 Å². The highest BCUT2D eigenvalue weighted by Gasteiger charge is 2.42. The first kappa shape index (κ1) is 21.0. The molecule has 0 unspecified atom stereocenters. The molecule has 2 atom stereocenters. The molecule has 2 saturated heterocycles. The van der Waals surface area contributed by atoms with Crippen LogP contribution in [0.5, 0.6) is 0 Å². The normalized spacial score (nSPS) is 22.1. The van der Waals surface area contributed by atoms with E-state index < -0.39 is 6.10 Å². The highest BCUT2D eigenvalue weighted by atomic mass is 16.5. The fraction of sp³-hybridized carbons (Fsp3) is 0.480. The number of methoxy groups -OCH3 is 1. The van der Waals surface area contributed by atoms with E-state index in [2.05, 4.69) is 40.5 Å². The lowest BCUT2D eigenvalue weighted by Crippen LogP contribution is -2.45. The molecule has 2 aliphatic rings. The molecule has 2 fully saturated rings. The van der Waals surface area contributed by atoms with Gasteiger partial charge in [-0.3, -0.25) is 9.69 Å². The minimum atomic E-state index is -0.581. The molecular weight excluding hydrogens is 376 g/mol. The van der Waals surface area contributed by atoms with Crippen LogP contribution in [0.15, 0.2) is 60.7 Å². The summed E-state index contributed by atoms with van der Waals surface area (Å²) in [5.74, 6) is -0.106. The number of carbonyl (C=O) groups excluding carboxylic acids is 1. The topological polar surface area (TPSA) is 50.8 Å². The summed E-state index contributed by atoms with van der Waals surface area (Å²) in [5.41, 5.74) is 2.22. The summed E-state index contributed by atoms with van der Waals surface area (Å²) in [6, 6.07) is 20.3. The number of rotatable bonds is 7. The number of nitrogens with zero attached hydrogens (tertiary/aromatic N) is 1. The molecular formula is C25H32N2O3. The Kier molecular flexibility index (Phi) is 6.82. The van der Waals surface area contributed by atoms with Crippen LogP contribution in [0.4, 0.5) is 0 Å². The van der Waals surface area contributed by atoms with Gasteiger partial charge in [0.15, 0.2) is 6.10 Å². The molecule has 5 heteroatoms. The molecule has 2 aromatic rings. The Morgan fingerprint density at radius 2 is 1.77 bits per heavy atom. The molecule has 2 heterocycles. The summed E-state index contributed by atoms with van der Waals surface area (Å²) >= 11 is 0. The zero-order chi connectivity index (χ0) is 20.8. The number of hydrogen-bond acceptors (Lipinski definition) is 4. The molecule has 5 nitrogen and oxygen atoms in total. The number of amides is 1. The van der Waals surface area contributed by atoms with Crippen molar-refractivity contribution in [1.29, 1.82) is 0 Å². The molecule has 1 amide bonds. The fourth-order valence-electron chi connectivity index (χ4n) is 4.70. The summed E-state index contributed by atoms with van der Waals surface area (Å²) in [4.78, 5) is 15.1. The number of hydrogen-bond donors (Lipinski definition) is 1. The largest absolute Gasteiger partial charge is 0.370 e. The molecule has 0 saturated carbocycles. The Morgan fingerprint density at radius 1 is 1.10 bits per heavy atom. The van der Waals surface area contributed by atoms with Crippen LogP contribution >= 0.6 is 0 Å². The Hall–Kier alpha value is -2.21. The first-order valence-corrected chi connectivity index (χ1v) is 11.0. The van der Waals surface area contributed by atoms with Crippen molar-refractivity contribution < 1.29 is 14.3 Å². The average molecular weight is 409 g/mol. The Bertz CT molecular complexity index is 804. The number of nitrogens with one attached hydrogen (secondary N) is 1. The molecule has 4 rings (SSSR count). The molecule has 160 valence electrons. The molecule has 2 aliphatic heterocycles. The van der Waals surface area contributed by atoms with Gasteiger partial charge in [0.25, 0.3) is 5.91 Å². The zero-order valence-electron chi connectivity index (χ0n) is 17.8. The van der Waals surface area contributed by atoms with Crippen molar-refractivity contribution in [3.8, 4) is 0 Å². The minimum Gasteiger partial charge on any atom is -0.370 e. The summed E-state index contributed by atoms with van der Waals surface area (Å²) in [5, 5.41) is 3.04. The summed E-state index contributed by atoms with van der Waals surface area (Å²) in [6.45, 7) is 3.68. The van der Waals surface area contributed by atoms with Crippen molar-refractivity contribution >= 4 is 5.91 Å². The maximum absolute atomic E-state index is 12.6. The number of likely N-dealkylation sites (tertiary alicyclic amines) is 1. The summed E-state index contributed by atoms with van der Waals surface area (Å²) < 4.78 is 11.9. The highest BCUT2D eigenvalue weighted by molar-refractivity contribution is 5.82. The van der Waals surface area contributed by atoms with Crippen molar-refractivity contribution in [1.82, 2.24) is 10.2 Å². The van der Waals surface area contributed by atoms with Crippen LogP contribution < -0.4 is 5.32 Å². The predicted molar refractivity (Wildman–Crippen MR) is 117 cm³/mol. The SMILES string of the molecule is CO[C@@H](C(=O)NC[C@@H]1CCC2(CCN(Cc3ccccc3)CC2)O1)c1ccccc1. The van der Waals surface area contributed by atoms with Crippen molar-refractivity contribution in [2.24, 2.45) is 0 Å². The van der Waals surface area contributed by atoms with Gasteiger partial charge in [-0.2, -0.15) is 0 Å². The van der Waals surface area contributed by atoms with Gasteiger partial charge in [-0.25, -0.2) is 0 Å². The minimum absolute atomic E-state index is 0.0112. The van der Waals surface area contributed by atoms with Gasteiger partial charge in [0, 0.05) is 33.3 Å². The second kappa shape index (κ2) is 9.73. The van der Waals surface area contributed by atoms with Crippen LogP contribution in [0.2, 0.25) is 0 Å². The van der Waals surface area contributed by atoms with Gasteiger partial charge in [-0.05, 0) is 36.8 Å². The van der Waals surface area contributed by atoms with Crippen LogP contribution in [-0.4, -0.2) is 49.3 Å². The monoisotopic (exact) mass is 408 g/mol. The van der Waals surface area contributed by atoms with E-state index >= 15 is 0 Å². The predicted octanol–water partition coefficient (Wildman–Crippen LogP) is 3.70.